The van der Waals surface area contributed by atoms with Crippen LogP contribution in [-0.4, -0.2) is 0 Å². The smallest absolute Gasteiger partial charge is 0.0230 e. The van der Waals surface area contributed by atoms with Crippen LogP contribution in [0.5, 0.6) is 0 Å². The molecule has 0 spiro atoms. The summed E-state index contributed by atoms with van der Waals surface area (Å²) >= 11 is 0. The van der Waals surface area contributed by atoms with Crippen LogP contribution in [0.4, 0.5) is 0 Å². The van der Waals surface area contributed by atoms with Gasteiger partial charge in [-0.3, -0.25) is 0 Å². The Morgan fingerprint density at radius 3 is 1.75 bits per heavy atom. The van der Waals surface area contributed by atoms with Crippen molar-refractivity contribution in [1.29, 1.82) is 0 Å². The third-order valence-corrected chi connectivity index (χ3v) is 1.46. The van der Waals surface area contributed by atoms with E-state index in [1.165, 1.54) is 6.42 Å². The largest absolute Gasteiger partial charge is 0.103 e. The zero-order valence-corrected chi connectivity index (χ0v) is 9.41. The maximum atomic E-state index is 3.24. The van der Waals surface area contributed by atoms with Crippen molar-refractivity contribution in [2.45, 2.75) is 54.4 Å². The first-order valence-electron chi connectivity index (χ1n) is 4.71. The van der Waals surface area contributed by atoms with Gasteiger partial charge in [0.25, 0.3) is 0 Å². The van der Waals surface area contributed by atoms with Crippen molar-refractivity contribution in [3.8, 4) is 11.8 Å². The van der Waals surface area contributed by atoms with E-state index in [1.807, 2.05) is 0 Å². The van der Waals surface area contributed by atoms with Crippen molar-refractivity contribution in [2.75, 3.05) is 0 Å². The summed E-state index contributed by atoms with van der Waals surface area (Å²) in [5.74, 6) is 6.48. The number of rotatable bonds is 1. The third kappa shape index (κ3) is 9.56. The second-order valence-corrected chi connectivity index (χ2v) is 5.61. The highest BCUT2D eigenvalue weighted by molar-refractivity contribution is 5.07. The minimum atomic E-state index is 0.165. The van der Waals surface area contributed by atoms with Crippen LogP contribution in [0.3, 0.4) is 0 Å². The highest BCUT2D eigenvalue weighted by Gasteiger charge is 2.08. The van der Waals surface area contributed by atoms with Crippen molar-refractivity contribution in [3.05, 3.63) is 0 Å². The fourth-order valence-electron chi connectivity index (χ4n) is 0.765. The molecule has 0 aliphatic rings. The van der Waals surface area contributed by atoms with E-state index in [9.17, 15) is 0 Å². The lowest BCUT2D eigenvalue weighted by molar-refractivity contribution is 0.384. The number of hydrogen-bond acceptors (Lipinski definition) is 0. The van der Waals surface area contributed by atoms with Crippen molar-refractivity contribution in [1.82, 2.24) is 0 Å². The summed E-state index contributed by atoms with van der Waals surface area (Å²) in [4.78, 5) is 0. The lowest BCUT2D eigenvalue weighted by Crippen LogP contribution is -2.04. The lowest BCUT2D eigenvalue weighted by Gasteiger charge is -2.15. The molecule has 12 heavy (non-hydrogen) atoms. The molecule has 0 saturated heterocycles. The first kappa shape index (κ1) is 11.6. The molecule has 0 nitrogen and oxygen atoms in total. The van der Waals surface area contributed by atoms with Gasteiger partial charge in [0.05, 0.1) is 0 Å². The van der Waals surface area contributed by atoms with Crippen molar-refractivity contribution in [3.63, 3.8) is 0 Å². The molecule has 0 aliphatic carbocycles. The Balaban J connectivity index is 3.75. The predicted molar refractivity (Wildman–Crippen MR) is 55.9 cm³/mol. The molecular formula is C12H22. The average molecular weight is 166 g/mol. The van der Waals surface area contributed by atoms with Gasteiger partial charge in [-0.2, -0.15) is 0 Å². The van der Waals surface area contributed by atoms with Crippen molar-refractivity contribution < 1.29 is 0 Å². The van der Waals surface area contributed by atoms with E-state index in [0.717, 1.165) is 6.42 Å². The van der Waals surface area contributed by atoms with Gasteiger partial charge in [-0.15, -0.1) is 5.92 Å². The Morgan fingerprint density at radius 2 is 1.42 bits per heavy atom. The Labute approximate surface area is 77.8 Å². The van der Waals surface area contributed by atoms with Crippen LogP contribution in [0.1, 0.15) is 54.4 Å². The normalized spacial score (nSPS) is 12.2. The third-order valence-electron chi connectivity index (χ3n) is 1.46. The fraction of sp³-hybridized carbons (Fsp3) is 0.833. The Bertz CT molecular complexity index is 175. The molecule has 0 heterocycles. The van der Waals surface area contributed by atoms with Crippen molar-refractivity contribution in [2.24, 2.45) is 10.8 Å². The SMILES string of the molecule is CC(C)(C)C#CCCC(C)(C)C. The molecule has 0 aromatic carbocycles. The van der Waals surface area contributed by atoms with E-state index in [4.69, 9.17) is 0 Å². The molecule has 0 bridgehead atoms. The topological polar surface area (TPSA) is 0 Å². The van der Waals surface area contributed by atoms with Gasteiger partial charge in [0.2, 0.25) is 0 Å². The summed E-state index contributed by atoms with van der Waals surface area (Å²) in [5.41, 5.74) is 0.588. The van der Waals surface area contributed by atoms with Gasteiger partial charge in [0.15, 0.2) is 0 Å². The Kier molecular flexibility index (Phi) is 3.84. The van der Waals surface area contributed by atoms with Crippen LogP contribution in [-0.2, 0) is 0 Å². The maximum Gasteiger partial charge on any atom is 0.0230 e. The predicted octanol–water partition coefficient (Wildman–Crippen LogP) is 3.86. The molecule has 0 heteroatoms. The van der Waals surface area contributed by atoms with Crippen LogP contribution in [0.15, 0.2) is 0 Å². The van der Waals surface area contributed by atoms with Crippen LogP contribution in [0.2, 0.25) is 0 Å². The van der Waals surface area contributed by atoms with E-state index in [0.29, 0.717) is 5.41 Å². The monoisotopic (exact) mass is 166 g/mol. The summed E-state index contributed by atoms with van der Waals surface area (Å²) in [6, 6.07) is 0. The van der Waals surface area contributed by atoms with Gasteiger partial charge in [-0.05, 0) is 32.6 Å². The molecule has 0 aromatic rings. The van der Waals surface area contributed by atoms with Crippen LogP contribution in [0, 0.1) is 22.7 Å². The maximum absolute atomic E-state index is 3.24. The summed E-state index contributed by atoms with van der Waals surface area (Å²) in [7, 11) is 0. The van der Waals surface area contributed by atoms with E-state index in [2.05, 4.69) is 53.4 Å². The minimum absolute atomic E-state index is 0.165. The molecule has 0 N–H and O–H groups in total. The average Bonchev–Trinajstić information content (AvgIpc) is 1.76. The highest BCUT2D eigenvalue weighted by Crippen LogP contribution is 2.20. The zero-order valence-electron chi connectivity index (χ0n) is 9.41. The number of hydrogen-bond donors (Lipinski definition) is 0. The highest BCUT2D eigenvalue weighted by atomic mass is 14.1. The second kappa shape index (κ2) is 3.99. The summed E-state index contributed by atoms with van der Waals surface area (Å²) < 4.78 is 0. The van der Waals surface area contributed by atoms with Gasteiger partial charge in [0.1, 0.15) is 0 Å². The molecule has 0 radical (unpaired) electrons. The molecular weight excluding hydrogens is 144 g/mol. The van der Waals surface area contributed by atoms with Gasteiger partial charge < -0.3 is 0 Å². The summed E-state index contributed by atoms with van der Waals surface area (Å²) in [6.45, 7) is 13.2. The lowest BCUT2D eigenvalue weighted by atomic mass is 9.90. The summed E-state index contributed by atoms with van der Waals surface area (Å²) in [5, 5.41) is 0. The Hall–Kier alpha value is -0.440. The molecule has 0 atom stereocenters. The van der Waals surface area contributed by atoms with Crippen molar-refractivity contribution >= 4 is 0 Å². The molecule has 70 valence electrons. The molecule has 0 aliphatic heterocycles. The van der Waals surface area contributed by atoms with Crippen LogP contribution >= 0.6 is 0 Å². The Morgan fingerprint density at radius 1 is 0.917 bits per heavy atom. The second-order valence-electron chi connectivity index (χ2n) is 5.61. The van der Waals surface area contributed by atoms with Gasteiger partial charge >= 0.3 is 0 Å². The van der Waals surface area contributed by atoms with Gasteiger partial charge in [0, 0.05) is 11.8 Å². The van der Waals surface area contributed by atoms with Gasteiger partial charge in [-0.25, -0.2) is 0 Å². The van der Waals surface area contributed by atoms with E-state index in [-0.39, 0.29) is 5.41 Å². The molecule has 0 amide bonds. The zero-order chi connectivity index (χ0) is 9.83. The quantitative estimate of drug-likeness (QED) is 0.519. The standard InChI is InChI=1S/C12H22/c1-11(2,3)9-7-8-10-12(4,5)6/h7,9H2,1-6H3. The van der Waals surface area contributed by atoms with Gasteiger partial charge in [-0.1, -0.05) is 26.7 Å². The molecule has 0 rings (SSSR count). The molecule has 0 unspecified atom stereocenters. The first-order chi connectivity index (χ1) is 5.21. The molecule has 0 saturated carbocycles. The van der Waals surface area contributed by atoms with E-state index >= 15 is 0 Å². The molecule has 0 aromatic heterocycles. The van der Waals surface area contributed by atoms with E-state index < -0.39 is 0 Å². The van der Waals surface area contributed by atoms with E-state index in [1.54, 1.807) is 0 Å². The summed E-state index contributed by atoms with van der Waals surface area (Å²) in [6.07, 6.45) is 2.22. The van der Waals surface area contributed by atoms with Crippen LogP contribution < -0.4 is 0 Å². The minimum Gasteiger partial charge on any atom is -0.103 e. The molecule has 0 fully saturated rings. The fourth-order valence-corrected chi connectivity index (χ4v) is 0.765. The first-order valence-corrected chi connectivity index (χ1v) is 4.71. The van der Waals surface area contributed by atoms with Crippen LogP contribution in [0.25, 0.3) is 0 Å².